The number of aryl methyl sites for hydroxylation is 2. The molecule has 2 N–H and O–H groups in total. The molecule has 1 saturated heterocycles. The molecule has 3 aliphatic rings. The molecule has 0 radical (unpaired) electrons. The number of carbonyl (C=O) groups excluding carboxylic acids is 2. The lowest BCUT2D eigenvalue weighted by Gasteiger charge is -2.35. The zero-order valence-electron chi connectivity index (χ0n) is 26.2. The van der Waals surface area contributed by atoms with Gasteiger partial charge in [-0.2, -0.15) is 0 Å². The number of amides is 1. The SMILES string of the molecule is CCOC(=O)C1=C(C(=O)Nc2c(C)cccc2C)[C@H]2C=C[C@]1([C@@H](CNc1ccccc1)c1ccc(CN3CCOCC3)cc1)O2. The van der Waals surface area contributed by atoms with Gasteiger partial charge in [0.1, 0.15) is 11.7 Å². The smallest absolute Gasteiger partial charge is 0.337 e. The van der Waals surface area contributed by atoms with Crippen LogP contribution in [-0.4, -0.2) is 67.9 Å². The van der Waals surface area contributed by atoms with Gasteiger partial charge in [0.25, 0.3) is 5.91 Å². The van der Waals surface area contributed by atoms with Crippen LogP contribution in [0.3, 0.4) is 0 Å². The predicted molar refractivity (Wildman–Crippen MR) is 175 cm³/mol. The molecule has 8 nitrogen and oxygen atoms in total. The molecule has 3 heterocycles. The van der Waals surface area contributed by atoms with E-state index in [1.54, 1.807) is 6.92 Å². The largest absolute Gasteiger partial charge is 0.463 e. The monoisotopic (exact) mass is 607 g/mol. The summed E-state index contributed by atoms with van der Waals surface area (Å²) in [5.74, 6) is -1.24. The summed E-state index contributed by atoms with van der Waals surface area (Å²) in [5.41, 5.74) is 5.13. The molecule has 3 aliphatic heterocycles. The number of esters is 1. The van der Waals surface area contributed by atoms with Gasteiger partial charge in [-0.25, -0.2) is 4.79 Å². The molecule has 6 rings (SSSR count). The van der Waals surface area contributed by atoms with Crippen LogP contribution in [0.25, 0.3) is 0 Å². The maximum Gasteiger partial charge on any atom is 0.337 e. The van der Waals surface area contributed by atoms with Crippen molar-refractivity contribution in [1.29, 1.82) is 0 Å². The number of fused-ring (bicyclic) bond motifs is 2. The number of morpholine rings is 1. The zero-order valence-corrected chi connectivity index (χ0v) is 26.2. The minimum atomic E-state index is -1.20. The predicted octanol–water partition coefficient (Wildman–Crippen LogP) is 5.54. The lowest BCUT2D eigenvalue weighted by molar-refractivity contribution is -0.140. The topological polar surface area (TPSA) is 89.1 Å². The van der Waals surface area contributed by atoms with Crippen molar-refractivity contribution in [1.82, 2.24) is 4.90 Å². The van der Waals surface area contributed by atoms with Crippen LogP contribution in [0.5, 0.6) is 0 Å². The van der Waals surface area contributed by atoms with E-state index in [-0.39, 0.29) is 24.0 Å². The Kier molecular flexibility index (Phi) is 9.16. The fourth-order valence-corrected chi connectivity index (χ4v) is 6.62. The molecular weight excluding hydrogens is 566 g/mol. The number of nitrogens with one attached hydrogen (secondary N) is 2. The maximum absolute atomic E-state index is 14.0. The third kappa shape index (κ3) is 6.31. The van der Waals surface area contributed by atoms with Crippen LogP contribution in [0.15, 0.2) is 96.1 Å². The molecule has 0 unspecified atom stereocenters. The van der Waals surface area contributed by atoms with Crippen LogP contribution in [0.1, 0.15) is 35.1 Å². The van der Waals surface area contributed by atoms with E-state index >= 15 is 0 Å². The molecule has 0 spiro atoms. The van der Waals surface area contributed by atoms with E-state index < -0.39 is 17.7 Å². The summed E-state index contributed by atoms with van der Waals surface area (Å²) in [5, 5.41) is 6.64. The normalized spacial score (nSPS) is 21.5. The van der Waals surface area contributed by atoms with E-state index in [0.29, 0.717) is 12.1 Å². The van der Waals surface area contributed by atoms with Crippen LogP contribution in [-0.2, 0) is 30.3 Å². The van der Waals surface area contributed by atoms with Gasteiger partial charge in [-0.1, -0.05) is 66.7 Å². The van der Waals surface area contributed by atoms with Crippen LogP contribution < -0.4 is 10.6 Å². The van der Waals surface area contributed by atoms with Gasteiger partial charge in [0.15, 0.2) is 0 Å². The third-order valence-corrected chi connectivity index (χ3v) is 8.92. The van der Waals surface area contributed by atoms with Crippen LogP contribution in [0.4, 0.5) is 11.4 Å². The second-order valence-corrected chi connectivity index (χ2v) is 11.9. The minimum Gasteiger partial charge on any atom is -0.463 e. The van der Waals surface area contributed by atoms with E-state index in [1.165, 1.54) is 5.56 Å². The van der Waals surface area contributed by atoms with Crippen molar-refractivity contribution in [2.75, 3.05) is 50.1 Å². The molecule has 45 heavy (non-hydrogen) atoms. The molecule has 1 amide bonds. The lowest BCUT2D eigenvalue weighted by Crippen LogP contribution is -2.42. The number of benzene rings is 3. The van der Waals surface area contributed by atoms with Gasteiger partial charge in [0.05, 0.1) is 31.0 Å². The Bertz CT molecular complexity index is 1570. The molecule has 8 heteroatoms. The molecule has 0 aromatic heterocycles. The molecule has 0 saturated carbocycles. The number of anilines is 2. The van der Waals surface area contributed by atoms with Crippen molar-refractivity contribution in [3.63, 3.8) is 0 Å². The van der Waals surface area contributed by atoms with Gasteiger partial charge in [0, 0.05) is 43.5 Å². The Morgan fingerprint density at radius 1 is 0.978 bits per heavy atom. The quantitative estimate of drug-likeness (QED) is 0.219. The molecule has 3 atom stereocenters. The highest BCUT2D eigenvalue weighted by Gasteiger charge is 2.58. The number of hydrogen-bond donors (Lipinski definition) is 2. The van der Waals surface area contributed by atoms with E-state index in [9.17, 15) is 9.59 Å². The highest BCUT2D eigenvalue weighted by atomic mass is 16.5. The maximum atomic E-state index is 14.0. The lowest BCUT2D eigenvalue weighted by atomic mass is 9.74. The van der Waals surface area contributed by atoms with Gasteiger partial charge in [0.2, 0.25) is 0 Å². The number of rotatable bonds is 11. The highest BCUT2D eigenvalue weighted by molar-refractivity contribution is 6.12. The van der Waals surface area contributed by atoms with Gasteiger partial charge < -0.3 is 24.8 Å². The molecule has 2 bridgehead atoms. The summed E-state index contributed by atoms with van der Waals surface area (Å²) in [7, 11) is 0. The van der Waals surface area contributed by atoms with Gasteiger partial charge in [-0.05, 0) is 61.2 Å². The van der Waals surface area contributed by atoms with Crippen molar-refractivity contribution in [2.24, 2.45) is 0 Å². The molecule has 3 aromatic carbocycles. The van der Waals surface area contributed by atoms with E-state index in [0.717, 1.165) is 60.9 Å². The zero-order chi connectivity index (χ0) is 31.4. The van der Waals surface area contributed by atoms with E-state index in [2.05, 4.69) is 39.8 Å². The first-order chi connectivity index (χ1) is 21.9. The molecular formula is C37H41N3O5. The van der Waals surface area contributed by atoms with Crippen LogP contribution in [0, 0.1) is 13.8 Å². The van der Waals surface area contributed by atoms with Gasteiger partial charge in [-0.15, -0.1) is 0 Å². The summed E-state index contributed by atoms with van der Waals surface area (Å²) in [6, 6.07) is 24.3. The van der Waals surface area contributed by atoms with Crippen molar-refractivity contribution >= 4 is 23.3 Å². The standard InChI is InChI=1S/C37H41N3O5/c1-4-44-36(42)33-32(35(41)39-34-25(2)9-8-10-26(34)3)31-17-18-37(33,45-31)30(23-38-29-11-6-5-7-12-29)28-15-13-27(14-16-28)24-40-19-21-43-22-20-40/h5-18,30-31,38H,4,19-24H2,1-3H3,(H,39,41)/t30-,31+,37+/m0/s1. The van der Waals surface area contributed by atoms with Crippen LogP contribution in [0.2, 0.25) is 0 Å². The summed E-state index contributed by atoms with van der Waals surface area (Å²) in [6.45, 7) is 10.5. The van der Waals surface area contributed by atoms with E-state index in [1.807, 2.05) is 74.5 Å². The number of hydrogen-bond acceptors (Lipinski definition) is 7. The van der Waals surface area contributed by atoms with Crippen molar-refractivity contribution in [3.8, 4) is 0 Å². The van der Waals surface area contributed by atoms with Gasteiger partial charge >= 0.3 is 5.97 Å². The Balaban J connectivity index is 1.38. The second kappa shape index (κ2) is 13.4. The van der Waals surface area contributed by atoms with E-state index in [4.69, 9.17) is 14.2 Å². The molecule has 0 aliphatic carbocycles. The second-order valence-electron chi connectivity index (χ2n) is 11.9. The molecule has 1 fully saturated rings. The fraction of sp³-hybridized carbons (Fsp3) is 0.351. The Morgan fingerprint density at radius 2 is 1.69 bits per heavy atom. The Hall–Kier alpha value is -4.24. The summed E-state index contributed by atoms with van der Waals surface area (Å²) < 4.78 is 17.8. The van der Waals surface area contributed by atoms with Crippen LogP contribution >= 0.6 is 0 Å². The van der Waals surface area contributed by atoms with Crippen molar-refractivity contribution in [2.45, 2.75) is 44.9 Å². The number of ether oxygens (including phenoxy) is 3. The Labute approximate surface area is 265 Å². The average molecular weight is 608 g/mol. The number of carbonyl (C=O) groups is 2. The minimum absolute atomic E-state index is 0.182. The average Bonchev–Trinajstić information content (AvgIpc) is 3.63. The summed E-state index contributed by atoms with van der Waals surface area (Å²) in [4.78, 5) is 30.2. The molecule has 3 aromatic rings. The molecule has 234 valence electrons. The first-order valence-corrected chi connectivity index (χ1v) is 15.7. The highest BCUT2D eigenvalue weighted by Crippen LogP contribution is 2.51. The van der Waals surface area contributed by atoms with Gasteiger partial charge in [-0.3, -0.25) is 9.69 Å². The Morgan fingerprint density at radius 3 is 2.38 bits per heavy atom. The fourth-order valence-electron chi connectivity index (χ4n) is 6.62. The summed E-state index contributed by atoms with van der Waals surface area (Å²) in [6.07, 6.45) is 3.16. The van der Waals surface area contributed by atoms with Crippen molar-refractivity contribution < 1.29 is 23.8 Å². The first kappa shape index (κ1) is 30.8. The summed E-state index contributed by atoms with van der Waals surface area (Å²) >= 11 is 0. The first-order valence-electron chi connectivity index (χ1n) is 15.7. The number of nitrogens with zero attached hydrogens (tertiary/aromatic N) is 1. The number of para-hydroxylation sites is 2. The van der Waals surface area contributed by atoms with Crippen molar-refractivity contribution in [3.05, 3.63) is 118 Å². The third-order valence-electron chi connectivity index (χ3n) is 8.92.